The Labute approximate surface area is 190 Å². The molecule has 2 aromatic rings. The Hall–Kier alpha value is -2.62. The van der Waals surface area contributed by atoms with E-state index in [4.69, 9.17) is 11.6 Å². The molecule has 1 saturated heterocycles. The van der Waals surface area contributed by atoms with Gasteiger partial charge < -0.3 is 5.32 Å². The van der Waals surface area contributed by atoms with Gasteiger partial charge in [-0.25, -0.2) is 0 Å². The van der Waals surface area contributed by atoms with Crippen molar-refractivity contribution in [1.29, 1.82) is 0 Å². The van der Waals surface area contributed by atoms with Gasteiger partial charge in [0.1, 0.15) is 5.25 Å². The molecule has 0 bridgehead atoms. The number of rotatable bonds is 7. The summed E-state index contributed by atoms with van der Waals surface area (Å²) in [4.78, 5) is 26.4. The molecule has 3 rings (SSSR count). The summed E-state index contributed by atoms with van der Waals surface area (Å²) in [5.74, 6) is -0.746. The second-order valence-electron chi connectivity index (χ2n) is 6.77. The minimum atomic E-state index is -4.06. The monoisotopic (exact) mass is 477 g/mol. The fourth-order valence-corrected chi connectivity index (χ4v) is 5.28. The molecule has 2 aromatic carbocycles. The molecule has 1 unspecified atom stereocenters. The van der Waals surface area contributed by atoms with Gasteiger partial charge >= 0.3 is 0 Å². The van der Waals surface area contributed by atoms with Crippen LogP contribution in [0.15, 0.2) is 70.5 Å². The first kappa shape index (κ1) is 23.1. The number of halogens is 1. The first-order valence-corrected chi connectivity index (χ1v) is 12.0. The fraction of sp³-hybridized carbons (Fsp3) is 0.190. The van der Waals surface area contributed by atoms with E-state index < -0.39 is 21.2 Å². The van der Waals surface area contributed by atoms with Crippen LogP contribution < -0.4 is 5.32 Å². The van der Waals surface area contributed by atoms with E-state index in [-0.39, 0.29) is 28.9 Å². The molecule has 1 aliphatic heterocycles. The standard InChI is InChI=1S/C21H20ClN3O4S2/c1-3-12-25-20(27)18(13-19(26)23-16-8-4-14(2)5-9-16)30-21(25)24-31(28,29)17-10-6-15(22)7-11-17/h3-11,18H,1,12-13H2,2H3,(H,23,26). The Bertz CT molecular complexity index is 1130. The number of aryl methyl sites for hydroxylation is 1. The number of thioether (sulfide) groups is 1. The van der Waals surface area contributed by atoms with E-state index in [9.17, 15) is 18.0 Å². The lowest BCUT2D eigenvalue weighted by Gasteiger charge is -2.13. The number of benzene rings is 2. The quantitative estimate of drug-likeness (QED) is 0.611. The van der Waals surface area contributed by atoms with Crippen LogP contribution >= 0.6 is 23.4 Å². The minimum Gasteiger partial charge on any atom is -0.326 e. The summed E-state index contributed by atoms with van der Waals surface area (Å²) >= 11 is 6.76. The van der Waals surface area contributed by atoms with Crippen LogP contribution in [0.1, 0.15) is 12.0 Å². The van der Waals surface area contributed by atoms with Crippen molar-refractivity contribution >= 4 is 56.1 Å². The molecule has 1 heterocycles. The predicted octanol–water partition coefficient (Wildman–Crippen LogP) is 3.85. The fourth-order valence-electron chi connectivity index (χ4n) is 2.79. The van der Waals surface area contributed by atoms with E-state index in [0.717, 1.165) is 17.3 Å². The lowest BCUT2D eigenvalue weighted by atomic mass is 10.2. The molecule has 0 aliphatic carbocycles. The number of anilines is 1. The first-order chi connectivity index (χ1) is 14.7. The average molecular weight is 478 g/mol. The molecule has 0 radical (unpaired) electrons. The van der Waals surface area contributed by atoms with Gasteiger partial charge in [0.15, 0.2) is 5.17 Å². The van der Waals surface area contributed by atoms with Crippen molar-refractivity contribution in [1.82, 2.24) is 4.90 Å². The largest absolute Gasteiger partial charge is 0.326 e. The predicted molar refractivity (Wildman–Crippen MR) is 124 cm³/mol. The topological polar surface area (TPSA) is 95.9 Å². The van der Waals surface area contributed by atoms with Crippen molar-refractivity contribution in [3.8, 4) is 0 Å². The van der Waals surface area contributed by atoms with E-state index in [1.807, 2.05) is 19.1 Å². The summed E-state index contributed by atoms with van der Waals surface area (Å²) in [5, 5.41) is 2.36. The van der Waals surface area contributed by atoms with Crippen LogP contribution in [0.3, 0.4) is 0 Å². The SMILES string of the molecule is C=CCN1C(=O)C(CC(=O)Nc2ccc(C)cc2)SC1=NS(=O)(=O)c1ccc(Cl)cc1. The van der Waals surface area contributed by atoms with Crippen molar-refractivity contribution in [2.45, 2.75) is 23.5 Å². The molecule has 0 saturated carbocycles. The molecular formula is C21H20ClN3O4S2. The molecule has 31 heavy (non-hydrogen) atoms. The van der Waals surface area contributed by atoms with Crippen molar-refractivity contribution in [3.05, 3.63) is 71.8 Å². The number of hydrogen-bond donors (Lipinski definition) is 1. The lowest BCUT2D eigenvalue weighted by molar-refractivity contribution is -0.127. The van der Waals surface area contributed by atoms with Gasteiger partial charge in [0.2, 0.25) is 11.8 Å². The smallest absolute Gasteiger partial charge is 0.284 e. The van der Waals surface area contributed by atoms with Crippen LogP contribution in [-0.4, -0.2) is 42.1 Å². The number of hydrogen-bond acceptors (Lipinski definition) is 5. The normalized spacial score (nSPS) is 17.7. The van der Waals surface area contributed by atoms with E-state index in [0.29, 0.717) is 10.7 Å². The summed E-state index contributed by atoms with van der Waals surface area (Å²) in [6.45, 7) is 5.62. The van der Waals surface area contributed by atoms with Gasteiger partial charge in [0, 0.05) is 23.7 Å². The van der Waals surface area contributed by atoms with E-state index in [1.54, 1.807) is 12.1 Å². The summed E-state index contributed by atoms with van der Waals surface area (Å²) in [5.41, 5.74) is 1.68. The summed E-state index contributed by atoms with van der Waals surface area (Å²) in [7, 11) is -4.06. The van der Waals surface area contributed by atoms with Gasteiger partial charge in [0.25, 0.3) is 10.0 Å². The van der Waals surface area contributed by atoms with Gasteiger partial charge in [-0.15, -0.1) is 11.0 Å². The third kappa shape index (κ3) is 5.75. The number of amidine groups is 1. The van der Waals surface area contributed by atoms with Crippen LogP contribution in [0.4, 0.5) is 5.69 Å². The number of carbonyl (C=O) groups excluding carboxylic acids is 2. The molecule has 10 heteroatoms. The van der Waals surface area contributed by atoms with Crippen LogP contribution in [0.25, 0.3) is 0 Å². The second kappa shape index (κ2) is 9.67. The van der Waals surface area contributed by atoms with Gasteiger partial charge in [-0.1, -0.05) is 47.1 Å². The Balaban J connectivity index is 1.78. The number of carbonyl (C=O) groups is 2. The highest BCUT2D eigenvalue weighted by Crippen LogP contribution is 2.31. The number of amides is 2. The average Bonchev–Trinajstić information content (AvgIpc) is 2.98. The molecule has 162 valence electrons. The molecular weight excluding hydrogens is 458 g/mol. The Morgan fingerprint density at radius 3 is 2.48 bits per heavy atom. The van der Waals surface area contributed by atoms with E-state index in [1.165, 1.54) is 35.2 Å². The summed E-state index contributed by atoms with van der Waals surface area (Å²) < 4.78 is 29.2. The maximum atomic E-state index is 12.8. The molecule has 1 fully saturated rings. The van der Waals surface area contributed by atoms with Gasteiger partial charge in [-0.05, 0) is 43.3 Å². The van der Waals surface area contributed by atoms with Gasteiger partial charge in [-0.3, -0.25) is 14.5 Å². The molecule has 1 N–H and O–H groups in total. The zero-order valence-corrected chi connectivity index (χ0v) is 19.0. The zero-order chi connectivity index (χ0) is 22.6. The Morgan fingerprint density at radius 2 is 1.87 bits per heavy atom. The third-order valence-electron chi connectivity index (χ3n) is 4.35. The first-order valence-electron chi connectivity index (χ1n) is 9.25. The highest BCUT2D eigenvalue weighted by molar-refractivity contribution is 8.16. The zero-order valence-electron chi connectivity index (χ0n) is 16.6. The van der Waals surface area contributed by atoms with Crippen LogP contribution in [0.2, 0.25) is 5.02 Å². The molecule has 1 aliphatic rings. The maximum Gasteiger partial charge on any atom is 0.284 e. The van der Waals surface area contributed by atoms with Gasteiger partial charge in [0.05, 0.1) is 4.90 Å². The van der Waals surface area contributed by atoms with Gasteiger partial charge in [-0.2, -0.15) is 8.42 Å². The number of nitrogens with one attached hydrogen (secondary N) is 1. The van der Waals surface area contributed by atoms with Crippen molar-refractivity contribution in [3.63, 3.8) is 0 Å². The number of nitrogens with zero attached hydrogens (tertiary/aromatic N) is 2. The third-order valence-corrected chi connectivity index (χ3v) is 7.17. The highest BCUT2D eigenvalue weighted by Gasteiger charge is 2.39. The molecule has 1 atom stereocenters. The molecule has 2 amide bonds. The maximum absolute atomic E-state index is 12.8. The summed E-state index contributed by atoms with van der Waals surface area (Å²) in [6, 6.07) is 12.8. The van der Waals surface area contributed by atoms with E-state index >= 15 is 0 Å². The summed E-state index contributed by atoms with van der Waals surface area (Å²) in [6.07, 6.45) is 1.35. The Morgan fingerprint density at radius 1 is 1.23 bits per heavy atom. The molecule has 7 nitrogen and oxygen atoms in total. The van der Waals surface area contributed by atoms with Crippen molar-refractivity contribution in [2.24, 2.45) is 4.40 Å². The number of sulfonamides is 1. The highest BCUT2D eigenvalue weighted by atomic mass is 35.5. The van der Waals surface area contributed by atoms with E-state index in [2.05, 4.69) is 16.3 Å². The second-order valence-corrected chi connectivity index (χ2v) is 9.98. The van der Waals surface area contributed by atoms with Crippen LogP contribution in [0, 0.1) is 6.92 Å². The minimum absolute atomic E-state index is 0.00739. The van der Waals surface area contributed by atoms with Crippen molar-refractivity contribution in [2.75, 3.05) is 11.9 Å². The molecule has 0 spiro atoms. The lowest BCUT2D eigenvalue weighted by Crippen LogP contribution is -2.33. The van der Waals surface area contributed by atoms with Crippen molar-refractivity contribution < 1.29 is 18.0 Å². The molecule has 0 aromatic heterocycles. The van der Waals surface area contributed by atoms with Crippen LogP contribution in [-0.2, 0) is 19.6 Å². The Kier molecular flexibility index (Phi) is 7.19. The van der Waals surface area contributed by atoms with Crippen LogP contribution in [0.5, 0.6) is 0 Å².